The van der Waals surface area contributed by atoms with Gasteiger partial charge in [-0.2, -0.15) is 0 Å². The van der Waals surface area contributed by atoms with Gasteiger partial charge in [-0.05, 0) is 43.2 Å². The molecule has 0 bridgehead atoms. The van der Waals surface area contributed by atoms with Crippen molar-refractivity contribution < 1.29 is 23.9 Å². The third kappa shape index (κ3) is 4.03. The van der Waals surface area contributed by atoms with Crippen LogP contribution < -0.4 is 15.1 Å². The van der Waals surface area contributed by atoms with Gasteiger partial charge in [0.1, 0.15) is 12.7 Å². The first-order valence-corrected chi connectivity index (χ1v) is 10.1. The number of rotatable bonds is 5. The van der Waals surface area contributed by atoms with E-state index >= 15 is 0 Å². The van der Waals surface area contributed by atoms with Gasteiger partial charge in [0.15, 0.2) is 0 Å². The van der Waals surface area contributed by atoms with Gasteiger partial charge in [-0.25, -0.2) is 9.59 Å². The maximum atomic E-state index is 12.5. The zero-order chi connectivity index (χ0) is 22.1. The summed E-state index contributed by atoms with van der Waals surface area (Å²) < 4.78 is 10.5. The summed E-state index contributed by atoms with van der Waals surface area (Å²) in [7, 11) is 0. The van der Waals surface area contributed by atoms with Gasteiger partial charge >= 0.3 is 12.2 Å². The minimum Gasteiger partial charge on any atom is -0.447 e. The molecule has 1 aromatic carbocycles. The lowest BCUT2D eigenvalue weighted by atomic mass is 10.0. The number of benzene rings is 1. The molecular weight excluding hydrogens is 400 g/mol. The molecule has 4 rings (SSSR count). The monoisotopic (exact) mass is 424 g/mol. The Morgan fingerprint density at radius 1 is 1.19 bits per heavy atom. The number of hydrogen-bond acceptors (Lipinski definition) is 6. The zero-order valence-electron chi connectivity index (χ0n) is 17.6. The largest absolute Gasteiger partial charge is 0.447 e. The minimum absolute atomic E-state index is 0.166. The van der Waals surface area contributed by atoms with Crippen molar-refractivity contribution in [2.24, 2.45) is 0 Å². The second kappa shape index (κ2) is 8.25. The molecule has 9 heteroatoms. The van der Waals surface area contributed by atoms with Crippen LogP contribution >= 0.6 is 0 Å². The normalized spacial score (nSPS) is 20.6. The quantitative estimate of drug-likeness (QED) is 0.792. The average molecular weight is 424 g/mol. The van der Waals surface area contributed by atoms with E-state index in [1.807, 2.05) is 38.1 Å². The number of hydrogen-bond donors (Lipinski definition) is 1. The van der Waals surface area contributed by atoms with E-state index in [9.17, 15) is 14.4 Å². The number of carbonyl (C=O) groups is 3. The minimum atomic E-state index is -0.435. The number of carbonyl (C=O) groups excluding carboxylic acids is 3. The molecule has 0 saturated carbocycles. The first-order chi connectivity index (χ1) is 14.8. The summed E-state index contributed by atoms with van der Waals surface area (Å²) in [6, 6.07) is 7.42. The van der Waals surface area contributed by atoms with E-state index in [1.54, 1.807) is 22.2 Å². The summed E-state index contributed by atoms with van der Waals surface area (Å²) in [5.41, 5.74) is 4.09. The van der Waals surface area contributed by atoms with Crippen LogP contribution in [0.4, 0.5) is 21.0 Å². The van der Waals surface area contributed by atoms with Crippen molar-refractivity contribution in [3.8, 4) is 11.1 Å². The SMILES string of the molecule is CC(=O)NC[C@@H]1OC(=O)N(c2ccc(-c3cncc(N4CCOC4=O)c3)cc2C)[C@H]1C. The Hall–Kier alpha value is -3.62. The van der Waals surface area contributed by atoms with Crippen molar-refractivity contribution in [1.29, 1.82) is 0 Å². The Morgan fingerprint density at radius 2 is 2.00 bits per heavy atom. The summed E-state index contributed by atoms with van der Waals surface area (Å²) >= 11 is 0. The van der Waals surface area contributed by atoms with Gasteiger partial charge < -0.3 is 14.8 Å². The third-order valence-corrected chi connectivity index (χ3v) is 5.53. The molecule has 0 radical (unpaired) electrons. The molecule has 3 heterocycles. The van der Waals surface area contributed by atoms with Gasteiger partial charge in [0.2, 0.25) is 5.91 Å². The number of anilines is 2. The number of pyridine rings is 1. The van der Waals surface area contributed by atoms with Gasteiger partial charge in [-0.15, -0.1) is 0 Å². The van der Waals surface area contributed by atoms with Gasteiger partial charge in [0, 0.05) is 18.7 Å². The lowest BCUT2D eigenvalue weighted by Crippen LogP contribution is -2.40. The first kappa shape index (κ1) is 20.6. The van der Waals surface area contributed by atoms with E-state index in [-0.39, 0.29) is 24.6 Å². The smallest absolute Gasteiger partial charge is 0.415 e. The fourth-order valence-corrected chi connectivity index (χ4v) is 3.86. The van der Waals surface area contributed by atoms with E-state index in [2.05, 4.69) is 10.3 Å². The van der Waals surface area contributed by atoms with E-state index < -0.39 is 12.2 Å². The van der Waals surface area contributed by atoms with Gasteiger partial charge in [-0.3, -0.25) is 19.6 Å². The average Bonchev–Trinajstić information content (AvgIpc) is 3.29. The molecule has 0 unspecified atom stereocenters. The second-order valence-electron chi connectivity index (χ2n) is 7.67. The van der Waals surface area contributed by atoms with Crippen LogP contribution in [0, 0.1) is 6.92 Å². The number of cyclic esters (lactones) is 2. The van der Waals surface area contributed by atoms with Crippen LogP contribution in [0.25, 0.3) is 11.1 Å². The molecular formula is C22H24N4O5. The standard InChI is InChI=1S/C22H24N4O5/c1-13-8-16(17-9-18(11-23-10-17)25-6-7-30-21(25)28)4-5-19(13)26-14(2)20(31-22(26)29)12-24-15(3)27/h4-5,8-11,14,20H,6-7,12H2,1-3H3,(H,24,27)/t14-,20-/m0/s1. The van der Waals surface area contributed by atoms with Crippen LogP contribution in [0.15, 0.2) is 36.7 Å². The van der Waals surface area contributed by atoms with Gasteiger partial charge in [0.25, 0.3) is 0 Å². The fraction of sp³-hybridized carbons (Fsp3) is 0.364. The maximum absolute atomic E-state index is 12.5. The summed E-state index contributed by atoms with van der Waals surface area (Å²) in [5, 5.41) is 2.70. The number of ether oxygens (including phenoxy) is 2. The van der Waals surface area contributed by atoms with Crippen LogP contribution in [-0.4, -0.2) is 54.9 Å². The Bertz CT molecular complexity index is 1040. The number of nitrogens with one attached hydrogen (secondary N) is 1. The highest BCUT2D eigenvalue weighted by molar-refractivity contribution is 5.93. The Kier molecular flexibility index (Phi) is 5.50. The van der Waals surface area contributed by atoms with Crippen molar-refractivity contribution in [2.45, 2.75) is 32.9 Å². The van der Waals surface area contributed by atoms with E-state index in [4.69, 9.17) is 9.47 Å². The summed E-state index contributed by atoms with van der Waals surface area (Å²) in [6.07, 6.45) is 2.14. The summed E-state index contributed by atoms with van der Waals surface area (Å²) in [4.78, 5) is 43.0. The summed E-state index contributed by atoms with van der Waals surface area (Å²) in [6.45, 7) is 6.38. The third-order valence-electron chi connectivity index (χ3n) is 5.53. The molecule has 0 aliphatic carbocycles. The molecule has 162 valence electrons. The molecule has 31 heavy (non-hydrogen) atoms. The topological polar surface area (TPSA) is 101 Å². The lowest BCUT2D eigenvalue weighted by molar-refractivity contribution is -0.119. The van der Waals surface area contributed by atoms with Gasteiger partial charge in [0.05, 0.1) is 36.7 Å². The Morgan fingerprint density at radius 3 is 2.68 bits per heavy atom. The molecule has 2 atom stereocenters. The van der Waals surface area contributed by atoms with Crippen LogP contribution in [0.2, 0.25) is 0 Å². The fourth-order valence-electron chi connectivity index (χ4n) is 3.86. The lowest BCUT2D eigenvalue weighted by Gasteiger charge is -2.23. The van der Waals surface area contributed by atoms with E-state index in [0.717, 1.165) is 22.4 Å². The number of aryl methyl sites for hydroxylation is 1. The highest BCUT2D eigenvalue weighted by Crippen LogP contribution is 2.33. The highest BCUT2D eigenvalue weighted by atomic mass is 16.6. The van der Waals surface area contributed by atoms with Crippen molar-refractivity contribution in [3.63, 3.8) is 0 Å². The zero-order valence-corrected chi connectivity index (χ0v) is 17.6. The van der Waals surface area contributed by atoms with E-state index in [0.29, 0.717) is 18.8 Å². The van der Waals surface area contributed by atoms with E-state index in [1.165, 1.54) is 6.92 Å². The Balaban J connectivity index is 1.57. The van der Waals surface area contributed by atoms with Crippen LogP contribution in [0.5, 0.6) is 0 Å². The highest BCUT2D eigenvalue weighted by Gasteiger charge is 2.40. The molecule has 3 amide bonds. The molecule has 1 N–H and O–H groups in total. The van der Waals surface area contributed by atoms with Crippen LogP contribution in [0.1, 0.15) is 19.4 Å². The van der Waals surface area contributed by atoms with Crippen molar-refractivity contribution in [1.82, 2.24) is 10.3 Å². The summed E-state index contributed by atoms with van der Waals surface area (Å²) in [5.74, 6) is -0.166. The van der Waals surface area contributed by atoms with Crippen LogP contribution in [-0.2, 0) is 14.3 Å². The van der Waals surface area contributed by atoms with Crippen LogP contribution in [0.3, 0.4) is 0 Å². The Labute approximate surface area is 179 Å². The predicted octanol–water partition coefficient (Wildman–Crippen LogP) is 2.86. The second-order valence-corrected chi connectivity index (χ2v) is 7.67. The molecule has 2 saturated heterocycles. The maximum Gasteiger partial charge on any atom is 0.415 e. The number of aromatic nitrogens is 1. The van der Waals surface area contributed by atoms with Gasteiger partial charge in [-0.1, -0.05) is 6.07 Å². The van der Waals surface area contributed by atoms with Crippen molar-refractivity contribution >= 4 is 29.5 Å². The molecule has 2 aliphatic heterocycles. The number of nitrogens with zero attached hydrogens (tertiary/aromatic N) is 3. The first-order valence-electron chi connectivity index (χ1n) is 10.1. The molecule has 2 aliphatic rings. The molecule has 2 fully saturated rings. The number of amides is 3. The molecule has 2 aromatic rings. The predicted molar refractivity (Wildman–Crippen MR) is 114 cm³/mol. The molecule has 9 nitrogen and oxygen atoms in total. The molecule has 1 aromatic heterocycles. The molecule has 0 spiro atoms. The van der Waals surface area contributed by atoms with Crippen molar-refractivity contribution in [2.75, 3.05) is 29.5 Å². The van der Waals surface area contributed by atoms with Crippen molar-refractivity contribution in [3.05, 3.63) is 42.2 Å².